The van der Waals surface area contributed by atoms with Gasteiger partial charge in [0.25, 0.3) is 0 Å². The van der Waals surface area contributed by atoms with Gasteiger partial charge in [-0.15, -0.1) is 0 Å². The molecule has 0 saturated carbocycles. The topological polar surface area (TPSA) is 53.7 Å². The monoisotopic (exact) mass is 287 g/mol. The summed E-state index contributed by atoms with van der Waals surface area (Å²) in [4.78, 5) is 13.4. The summed E-state index contributed by atoms with van der Waals surface area (Å²) < 4.78 is 5.36. The van der Waals surface area contributed by atoms with Crippen molar-refractivity contribution in [3.8, 4) is 0 Å². The van der Waals surface area contributed by atoms with E-state index in [2.05, 4.69) is 18.9 Å². The molecule has 0 bridgehead atoms. The molecule has 0 fully saturated rings. The van der Waals surface area contributed by atoms with Gasteiger partial charge >= 0.3 is 5.97 Å². The van der Waals surface area contributed by atoms with E-state index >= 15 is 0 Å². The Balaban J connectivity index is 1.91. The zero-order valence-electron chi connectivity index (χ0n) is 12.5. The smallest absolute Gasteiger partial charge is 0.335 e. The minimum absolute atomic E-state index is 0.341. The van der Waals surface area contributed by atoms with Crippen LogP contribution in [0.2, 0.25) is 0 Å². The SMILES string of the molecule is CC(Cc1ccco1)N(C)CCc1ccccc1C(=O)O. The Hall–Kier alpha value is -2.07. The second kappa shape index (κ2) is 7.09. The van der Waals surface area contributed by atoms with E-state index in [0.29, 0.717) is 11.6 Å². The third kappa shape index (κ3) is 4.20. The molecule has 1 aromatic carbocycles. The minimum atomic E-state index is -0.864. The number of benzene rings is 1. The van der Waals surface area contributed by atoms with Crippen molar-refractivity contribution in [2.75, 3.05) is 13.6 Å². The molecule has 1 heterocycles. The van der Waals surface area contributed by atoms with Gasteiger partial charge in [-0.1, -0.05) is 18.2 Å². The van der Waals surface area contributed by atoms with Crippen LogP contribution >= 0.6 is 0 Å². The van der Waals surface area contributed by atoms with E-state index < -0.39 is 5.97 Å². The lowest BCUT2D eigenvalue weighted by atomic mass is 10.0. The van der Waals surface area contributed by atoms with Crippen LogP contribution in [0.3, 0.4) is 0 Å². The van der Waals surface area contributed by atoms with Crippen LogP contribution in [0.15, 0.2) is 47.1 Å². The summed E-state index contributed by atoms with van der Waals surface area (Å²) in [6.45, 7) is 2.96. The molecule has 0 radical (unpaired) electrons. The standard InChI is InChI=1S/C17H21NO3/c1-13(12-15-7-5-11-21-15)18(2)10-9-14-6-3-4-8-16(14)17(19)20/h3-8,11,13H,9-10,12H2,1-2H3,(H,19,20). The second-order valence-corrected chi connectivity index (χ2v) is 5.33. The predicted molar refractivity (Wildman–Crippen MR) is 81.6 cm³/mol. The van der Waals surface area contributed by atoms with Crippen molar-refractivity contribution in [3.05, 3.63) is 59.5 Å². The van der Waals surface area contributed by atoms with E-state index in [-0.39, 0.29) is 0 Å². The van der Waals surface area contributed by atoms with Gasteiger partial charge in [0, 0.05) is 19.0 Å². The zero-order valence-corrected chi connectivity index (χ0v) is 12.5. The van der Waals surface area contributed by atoms with Crippen LogP contribution in [0, 0.1) is 0 Å². The molecule has 0 saturated heterocycles. The van der Waals surface area contributed by atoms with Crippen molar-refractivity contribution in [2.45, 2.75) is 25.8 Å². The summed E-state index contributed by atoms with van der Waals surface area (Å²) in [5.74, 6) is 0.108. The normalized spacial score (nSPS) is 12.5. The lowest BCUT2D eigenvalue weighted by molar-refractivity contribution is 0.0695. The summed E-state index contributed by atoms with van der Waals surface area (Å²) in [5.41, 5.74) is 1.27. The largest absolute Gasteiger partial charge is 0.478 e. The Labute approximate surface area is 125 Å². The van der Waals surface area contributed by atoms with Gasteiger partial charge in [0.1, 0.15) is 5.76 Å². The summed E-state index contributed by atoms with van der Waals surface area (Å²) in [5, 5.41) is 9.19. The molecule has 112 valence electrons. The third-order valence-corrected chi connectivity index (χ3v) is 3.81. The highest BCUT2D eigenvalue weighted by molar-refractivity contribution is 5.89. The molecule has 4 nitrogen and oxygen atoms in total. The molecular formula is C17H21NO3. The van der Waals surface area contributed by atoms with E-state index in [4.69, 9.17) is 4.42 Å². The van der Waals surface area contributed by atoms with E-state index in [9.17, 15) is 9.90 Å². The lowest BCUT2D eigenvalue weighted by Crippen LogP contribution is -2.32. The maximum Gasteiger partial charge on any atom is 0.335 e. The number of nitrogens with zero attached hydrogens (tertiary/aromatic N) is 1. The number of carboxylic acid groups (broad SMARTS) is 1. The maximum atomic E-state index is 11.2. The number of likely N-dealkylation sites (N-methyl/N-ethyl adjacent to an activating group) is 1. The van der Waals surface area contributed by atoms with E-state index in [1.165, 1.54) is 0 Å². The number of rotatable bonds is 7. The second-order valence-electron chi connectivity index (χ2n) is 5.33. The van der Waals surface area contributed by atoms with Gasteiger partial charge in [-0.2, -0.15) is 0 Å². The highest BCUT2D eigenvalue weighted by Gasteiger charge is 2.14. The molecule has 0 aliphatic rings. The van der Waals surface area contributed by atoms with Gasteiger partial charge < -0.3 is 14.4 Å². The molecule has 0 aliphatic carbocycles. The van der Waals surface area contributed by atoms with Crippen LogP contribution in [0.1, 0.15) is 28.6 Å². The van der Waals surface area contributed by atoms with Gasteiger partial charge in [0.2, 0.25) is 0 Å². The van der Waals surface area contributed by atoms with Crippen molar-refractivity contribution < 1.29 is 14.3 Å². The molecule has 1 aromatic heterocycles. The first kappa shape index (κ1) is 15.3. The Morgan fingerprint density at radius 1 is 1.29 bits per heavy atom. The lowest BCUT2D eigenvalue weighted by Gasteiger charge is -2.24. The first-order valence-electron chi connectivity index (χ1n) is 7.11. The molecule has 2 aromatic rings. The Morgan fingerprint density at radius 3 is 2.71 bits per heavy atom. The van der Waals surface area contributed by atoms with E-state index in [1.54, 1.807) is 18.4 Å². The minimum Gasteiger partial charge on any atom is -0.478 e. The summed E-state index contributed by atoms with van der Waals surface area (Å²) >= 11 is 0. The first-order chi connectivity index (χ1) is 10.1. The number of aromatic carboxylic acids is 1. The molecule has 4 heteroatoms. The molecule has 1 unspecified atom stereocenters. The molecule has 0 amide bonds. The molecule has 0 aliphatic heterocycles. The van der Waals surface area contributed by atoms with E-state index in [0.717, 1.165) is 30.7 Å². The average molecular weight is 287 g/mol. The van der Waals surface area contributed by atoms with Crippen LogP contribution in [0.25, 0.3) is 0 Å². The van der Waals surface area contributed by atoms with Gasteiger partial charge in [0.15, 0.2) is 0 Å². The predicted octanol–water partition coefficient (Wildman–Crippen LogP) is 3.08. The van der Waals surface area contributed by atoms with Crippen molar-refractivity contribution in [2.24, 2.45) is 0 Å². The number of carboxylic acids is 1. The molecule has 0 spiro atoms. The number of hydrogen-bond donors (Lipinski definition) is 1. The van der Waals surface area contributed by atoms with Crippen LogP contribution < -0.4 is 0 Å². The van der Waals surface area contributed by atoms with Gasteiger partial charge in [-0.25, -0.2) is 4.79 Å². The summed E-state index contributed by atoms with van der Waals surface area (Å²) in [6, 6.07) is 11.4. The van der Waals surface area contributed by atoms with Crippen molar-refractivity contribution in [1.82, 2.24) is 4.90 Å². The highest BCUT2D eigenvalue weighted by atomic mass is 16.4. The molecular weight excluding hydrogens is 266 g/mol. The van der Waals surface area contributed by atoms with Crippen LogP contribution in [0.4, 0.5) is 0 Å². The van der Waals surface area contributed by atoms with Crippen molar-refractivity contribution >= 4 is 5.97 Å². The molecule has 1 atom stereocenters. The Bertz CT molecular complexity index is 577. The fourth-order valence-corrected chi connectivity index (χ4v) is 2.34. The van der Waals surface area contributed by atoms with Crippen LogP contribution in [-0.2, 0) is 12.8 Å². The summed E-state index contributed by atoms with van der Waals surface area (Å²) in [7, 11) is 2.05. The fourth-order valence-electron chi connectivity index (χ4n) is 2.34. The first-order valence-corrected chi connectivity index (χ1v) is 7.11. The molecule has 21 heavy (non-hydrogen) atoms. The van der Waals surface area contributed by atoms with Crippen LogP contribution in [-0.4, -0.2) is 35.6 Å². The average Bonchev–Trinajstić information content (AvgIpc) is 2.97. The zero-order chi connectivity index (χ0) is 15.2. The van der Waals surface area contributed by atoms with Crippen molar-refractivity contribution in [3.63, 3.8) is 0 Å². The van der Waals surface area contributed by atoms with Crippen LogP contribution in [0.5, 0.6) is 0 Å². The molecule has 1 N–H and O–H groups in total. The number of furan rings is 1. The van der Waals surface area contributed by atoms with Gasteiger partial charge in [-0.3, -0.25) is 0 Å². The maximum absolute atomic E-state index is 11.2. The van der Waals surface area contributed by atoms with Gasteiger partial charge in [0.05, 0.1) is 11.8 Å². The Kier molecular flexibility index (Phi) is 5.17. The Morgan fingerprint density at radius 2 is 2.05 bits per heavy atom. The highest BCUT2D eigenvalue weighted by Crippen LogP contribution is 2.12. The van der Waals surface area contributed by atoms with Crippen molar-refractivity contribution in [1.29, 1.82) is 0 Å². The quantitative estimate of drug-likeness (QED) is 0.850. The number of hydrogen-bond acceptors (Lipinski definition) is 3. The third-order valence-electron chi connectivity index (χ3n) is 3.81. The fraction of sp³-hybridized carbons (Fsp3) is 0.353. The van der Waals surface area contributed by atoms with Gasteiger partial charge in [-0.05, 0) is 44.2 Å². The van der Waals surface area contributed by atoms with E-state index in [1.807, 2.05) is 24.3 Å². The molecule has 2 rings (SSSR count). The number of carbonyl (C=O) groups is 1. The summed E-state index contributed by atoms with van der Waals surface area (Å²) in [6.07, 6.45) is 3.26.